The lowest BCUT2D eigenvalue weighted by Crippen LogP contribution is -2.41. The first-order valence-corrected chi connectivity index (χ1v) is 8.26. The lowest BCUT2D eigenvalue weighted by atomic mass is 9.99. The van der Waals surface area contributed by atoms with Gasteiger partial charge in [0.15, 0.2) is 0 Å². The molecule has 3 nitrogen and oxygen atoms in total. The molecule has 2 atom stereocenters. The van der Waals surface area contributed by atoms with Gasteiger partial charge in [-0.15, -0.1) is 11.8 Å². The van der Waals surface area contributed by atoms with Crippen LogP contribution in [0.3, 0.4) is 0 Å². The van der Waals surface area contributed by atoms with Gasteiger partial charge in [-0.25, -0.2) is 4.39 Å². The topological polar surface area (TPSA) is 38.3 Å². The zero-order chi connectivity index (χ0) is 15.4. The monoisotopic (exact) mass is 311 g/mol. The van der Waals surface area contributed by atoms with Gasteiger partial charge in [0.25, 0.3) is 0 Å². The maximum absolute atomic E-state index is 13.9. The van der Waals surface area contributed by atoms with Crippen LogP contribution in [0.5, 0.6) is 0 Å². The third-order valence-corrected chi connectivity index (χ3v) is 4.78. The average molecular weight is 311 g/mol. The van der Waals surface area contributed by atoms with Gasteiger partial charge in [-0.05, 0) is 36.1 Å². The van der Waals surface area contributed by atoms with Gasteiger partial charge in [-0.2, -0.15) is 0 Å². The van der Waals surface area contributed by atoms with Crippen molar-refractivity contribution in [2.45, 2.75) is 43.7 Å². The van der Waals surface area contributed by atoms with Crippen LogP contribution in [0.1, 0.15) is 38.3 Å². The van der Waals surface area contributed by atoms with E-state index in [9.17, 15) is 9.18 Å². The minimum absolute atomic E-state index is 0.000185. The summed E-state index contributed by atoms with van der Waals surface area (Å²) in [4.78, 5) is 12.6. The van der Waals surface area contributed by atoms with E-state index in [0.29, 0.717) is 17.2 Å². The van der Waals surface area contributed by atoms with Crippen LogP contribution >= 0.6 is 11.8 Å². The largest absolute Gasteiger partial charge is 0.468 e. The molecule has 1 aromatic rings. The van der Waals surface area contributed by atoms with Crippen molar-refractivity contribution in [1.29, 1.82) is 0 Å². The number of esters is 1. The first-order chi connectivity index (χ1) is 10.0. The van der Waals surface area contributed by atoms with E-state index in [2.05, 4.69) is 19.2 Å². The third-order valence-electron chi connectivity index (χ3n) is 3.62. The van der Waals surface area contributed by atoms with Crippen LogP contribution in [0, 0.1) is 11.7 Å². The maximum Gasteiger partial charge on any atom is 0.322 e. The second-order valence-electron chi connectivity index (χ2n) is 5.72. The predicted octanol–water partition coefficient (Wildman–Crippen LogP) is 3.54. The number of halogens is 1. The fraction of sp³-hybridized carbons (Fsp3) is 0.562. The number of hydrogen-bond acceptors (Lipinski definition) is 4. The van der Waals surface area contributed by atoms with Crippen LogP contribution in [-0.2, 0) is 9.53 Å². The van der Waals surface area contributed by atoms with Gasteiger partial charge < -0.3 is 4.74 Å². The number of hydrogen-bond donors (Lipinski definition) is 1. The van der Waals surface area contributed by atoms with Crippen LogP contribution in [-0.4, -0.2) is 24.9 Å². The minimum Gasteiger partial charge on any atom is -0.468 e. The van der Waals surface area contributed by atoms with Crippen LogP contribution in [0.15, 0.2) is 23.1 Å². The van der Waals surface area contributed by atoms with E-state index >= 15 is 0 Å². The molecule has 2 unspecified atom stereocenters. The van der Waals surface area contributed by atoms with Crippen molar-refractivity contribution < 1.29 is 13.9 Å². The molecule has 0 saturated heterocycles. The molecule has 0 aliphatic carbocycles. The lowest BCUT2D eigenvalue weighted by Gasteiger charge is -2.30. The van der Waals surface area contributed by atoms with Gasteiger partial charge in [0.05, 0.1) is 7.11 Å². The summed E-state index contributed by atoms with van der Waals surface area (Å²) in [6.45, 7) is 4.14. The van der Waals surface area contributed by atoms with Crippen molar-refractivity contribution in [3.63, 3.8) is 0 Å². The molecule has 0 amide bonds. The Kier molecular flexibility index (Phi) is 5.65. The molecule has 1 aliphatic rings. The standard InChI is InChI=1S/C16H22FNO2S/c1-10(2)9-14(16(19)20-3)18-13-7-8-21-15-11(13)5-4-6-12(15)17/h4-6,10,13-14,18H,7-9H2,1-3H3. The quantitative estimate of drug-likeness (QED) is 0.844. The highest BCUT2D eigenvalue weighted by Crippen LogP contribution is 2.38. The second-order valence-corrected chi connectivity index (χ2v) is 6.83. The van der Waals surface area contributed by atoms with Crippen molar-refractivity contribution in [3.05, 3.63) is 29.6 Å². The molecule has 1 N–H and O–H groups in total. The Morgan fingerprint density at radius 3 is 2.95 bits per heavy atom. The number of nitrogens with one attached hydrogen (secondary N) is 1. The van der Waals surface area contributed by atoms with E-state index in [4.69, 9.17) is 4.74 Å². The normalized spacial score (nSPS) is 19.2. The van der Waals surface area contributed by atoms with Crippen molar-refractivity contribution in [1.82, 2.24) is 5.32 Å². The highest BCUT2D eigenvalue weighted by Gasteiger charge is 2.28. The molecule has 0 spiro atoms. The van der Waals surface area contributed by atoms with Crippen LogP contribution in [0.4, 0.5) is 4.39 Å². The van der Waals surface area contributed by atoms with E-state index in [0.717, 1.165) is 17.7 Å². The number of ether oxygens (including phenoxy) is 1. The highest BCUT2D eigenvalue weighted by molar-refractivity contribution is 7.99. The van der Waals surface area contributed by atoms with E-state index in [1.807, 2.05) is 6.07 Å². The Morgan fingerprint density at radius 2 is 2.29 bits per heavy atom. The Bertz CT molecular complexity index is 507. The molecule has 0 fully saturated rings. The van der Waals surface area contributed by atoms with Gasteiger partial charge in [0.1, 0.15) is 11.9 Å². The van der Waals surface area contributed by atoms with Gasteiger partial charge in [-0.3, -0.25) is 10.1 Å². The van der Waals surface area contributed by atoms with Crippen molar-refractivity contribution in [3.8, 4) is 0 Å². The van der Waals surface area contributed by atoms with E-state index < -0.39 is 0 Å². The smallest absolute Gasteiger partial charge is 0.322 e. The molecule has 1 aliphatic heterocycles. The Labute approximate surface area is 129 Å². The molecule has 0 saturated carbocycles. The molecule has 0 radical (unpaired) electrons. The van der Waals surface area contributed by atoms with Gasteiger partial charge in [0.2, 0.25) is 0 Å². The first kappa shape index (κ1) is 16.3. The van der Waals surface area contributed by atoms with Gasteiger partial charge in [-0.1, -0.05) is 26.0 Å². The molecule has 2 rings (SSSR count). The summed E-state index contributed by atoms with van der Waals surface area (Å²) in [5, 5.41) is 3.37. The number of rotatable bonds is 5. The Morgan fingerprint density at radius 1 is 1.52 bits per heavy atom. The van der Waals surface area contributed by atoms with Gasteiger partial charge >= 0.3 is 5.97 Å². The summed E-state index contributed by atoms with van der Waals surface area (Å²) in [5.74, 6) is 0.801. The molecular weight excluding hydrogens is 289 g/mol. The number of methoxy groups -OCH3 is 1. The predicted molar refractivity (Wildman–Crippen MR) is 82.9 cm³/mol. The van der Waals surface area contributed by atoms with E-state index in [1.165, 1.54) is 13.2 Å². The van der Waals surface area contributed by atoms with Crippen molar-refractivity contribution >= 4 is 17.7 Å². The van der Waals surface area contributed by atoms with E-state index in [-0.39, 0.29) is 23.9 Å². The summed E-state index contributed by atoms with van der Waals surface area (Å²) in [6.07, 6.45) is 1.59. The second kappa shape index (κ2) is 7.27. The summed E-state index contributed by atoms with van der Waals surface area (Å²) < 4.78 is 18.8. The number of thioether (sulfide) groups is 1. The Balaban J connectivity index is 2.19. The van der Waals surface area contributed by atoms with Gasteiger partial charge in [0, 0.05) is 10.9 Å². The molecule has 0 aromatic heterocycles. The fourth-order valence-electron chi connectivity index (χ4n) is 2.65. The maximum atomic E-state index is 13.9. The zero-order valence-electron chi connectivity index (χ0n) is 12.7. The minimum atomic E-state index is -0.348. The Hall–Kier alpha value is -1.07. The molecule has 1 heterocycles. The third kappa shape index (κ3) is 3.98. The molecule has 0 bridgehead atoms. The summed E-state index contributed by atoms with van der Waals surface area (Å²) in [7, 11) is 1.40. The summed E-state index contributed by atoms with van der Waals surface area (Å²) in [6, 6.07) is 4.80. The number of benzene rings is 1. The average Bonchev–Trinajstić information content (AvgIpc) is 2.46. The van der Waals surface area contributed by atoms with Crippen LogP contribution < -0.4 is 5.32 Å². The van der Waals surface area contributed by atoms with E-state index in [1.54, 1.807) is 17.8 Å². The van der Waals surface area contributed by atoms with Crippen LogP contribution in [0.2, 0.25) is 0 Å². The first-order valence-electron chi connectivity index (χ1n) is 7.28. The number of carbonyl (C=O) groups is 1. The highest BCUT2D eigenvalue weighted by atomic mass is 32.2. The lowest BCUT2D eigenvalue weighted by molar-refractivity contribution is -0.143. The zero-order valence-corrected chi connectivity index (χ0v) is 13.5. The molecular formula is C16H22FNO2S. The number of carbonyl (C=O) groups excluding carboxylic acids is 1. The SMILES string of the molecule is COC(=O)C(CC(C)C)NC1CCSc2c(F)cccc21. The summed E-state index contributed by atoms with van der Waals surface area (Å²) >= 11 is 1.54. The summed E-state index contributed by atoms with van der Waals surface area (Å²) in [5.41, 5.74) is 0.948. The molecule has 1 aromatic carbocycles. The van der Waals surface area contributed by atoms with Crippen LogP contribution in [0.25, 0.3) is 0 Å². The van der Waals surface area contributed by atoms with Crippen molar-refractivity contribution in [2.24, 2.45) is 5.92 Å². The van der Waals surface area contributed by atoms with Crippen molar-refractivity contribution in [2.75, 3.05) is 12.9 Å². The molecule has 21 heavy (non-hydrogen) atoms. The molecule has 5 heteroatoms. The fourth-order valence-corrected chi connectivity index (χ4v) is 3.79. The number of fused-ring (bicyclic) bond motifs is 1. The molecule has 116 valence electrons.